The van der Waals surface area contributed by atoms with Crippen molar-refractivity contribution >= 4 is 38.4 Å². The fourth-order valence-electron chi connectivity index (χ4n) is 1.43. The normalized spacial score (nSPS) is 11.9. The van der Waals surface area contributed by atoms with E-state index < -0.39 is 28.4 Å². The molecule has 1 amide bonds. The van der Waals surface area contributed by atoms with E-state index in [1.807, 2.05) is 0 Å². The minimum Gasteiger partial charge on any atom is -0.480 e. The zero-order chi connectivity index (χ0) is 16.2. The number of carboxylic acids is 1. The monoisotopic (exact) mass is 336 g/mol. The lowest BCUT2D eigenvalue weighted by atomic mass is 10.2. The summed E-state index contributed by atoms with van der Waals surface area (Å²) < 4.78 is 25.2. The van der Waals surface area contributed by atoms with E-state index in [9.17, 15) is 18.0 Å². The summed E-state index contributed by atoms with van der Waals surface area (Å²) >= 11 is 0.674. The summed E-state index contributed by atoms with van der Waals surface area (Å²) in [6.07, 6.45) is 0. The SMILES string of the molecule is CC(=O)Nc1nnc(S(=O)(=O)N(CC(=O)O)CC(C)C)s1. The number of aliphatic carboxylic acids is 1. The van der Waals surface area contributed by atoms with Crippen LogP contribution in [0.1, 0.15) is 20.8 Å². The second-order valence-electron chi connectivity index (χ2n) is 4.64. The van der Waals surface area contributed by atoms with Crippen LogP contribution in [-0.2, 0) is 19.6 Å². The van der Waals surface area contributed by atoms with Crippen LogP contribution in [0.5, 0.6) is 0 Å². The summed E-state index contributed by atoms with van der Waals surface area (Å²) in [4.78, 5) is 21.7. The fraction of sp³-hybridized carbons (Fsp3) is 0.600. The summed E-state index contributed by atoms with van der Waals surface area (Å²) in [5.74, 6) is -1.72. The third kappa shape index (κ3) is 5.02. The van der Waals surface area contributed by atoms with Crippen molar-refractivity contribution in [3.8, 4) is 0 Å². The molecule has 0 radical (unpaired) electrons. The highest BCUT2D eigenvalue weighted by molar-refractivity contribution is 7.91. The summed E-state index contributed by atoms with van der Waals surface area (Å²) in [5, 5.41) is 18.3. The van der Waals surface area contributed by atoms with E-state index in [4.69, 9.17) is 5.11 Å². The fourth-order valence-corrected chi connectivity index (χ4v) is 4.07. The molecule has 0 aliphatic carbocycles. The predicted molar refractivity (Wildman–Crippen MR) is 75.4 cm³/mol. The van der Waals surface area contributed by atoms with E-state index in [2.05, 4.69) is 15.5 Å². The van der Waals surface area contributed by atoms with Crippen molar-refractivity contribution in [1.29, 1.82) is 0 Å². The quantitative estimate of drug-likeness (QED) is 0.682. The van der Waals surface area contributed by atoms with Crippen LogP contribution in [0.2, 0.25) is 0 Å². The van der Waals surface area contributed by atoms with Gasteiger partial charge in [-0.3, -0.25) is 9.59 Å². The van der Waals surface area contributed by atoms with Gasteiger partial charge in [0.1, 0.15) is 6.54 Å². The average molecular weight is 336 g/mol. The van der Waals surface area contributed by atoms with Crippen molar-refractivity contribution in [3.63, 3.8) is 0 Å². The van der Waals surface area contributed by atoms with Crippen LogP contribution in [0, 0.1) is 5.92 Å². The first-order chi connectivity index (χ1) is 9.62. The number of carbonyl (C=O) groups is 2. The minimum atomic E-state index is -4.06. The van der Waals surface area contributed by atoms with E-state index in [1.54, 1.807) is 13.8 Å². The number of sulfonamides is 1. The van der Waals surface area contributed by atoms with Gasteiger partial charge in [0.15, 0.2) is 0 Å². The van der Waals surface area contributed by atoms with E-state index in [0.717, 1.165) is 4.31 Å². The van der Waals surface area contributed by atoms with E-state index in [0.29, 0.717) is 11.3 Å². The number of hydrogen-bond donors (Lipinski definition) is 2. The Labute approximate surface area is 126 Å². The molecule has 0 aromatic carbocycles. The van der Waals surface area contributed by atoms with Crippen molar-refractivity contribution in [2.75, 3.05) is 18.4 Å². The molecule has 0 atom stereocenters. The smallest absolute Gasteiger partial charge is 0.318 e. The van der Waals surface area contributed by atoms with E-state index in [-0.39, 0.29) is 21.9 Å². The van der Waals surface area contributed by atoms with Gasteiger partial charge in [-0.1, -0.05) is 25.2 Å². The Morgan fingerprint density at radius 1 is 1.38 bits per heavy atom. The van der Waals surface area contributed by atoms with Gasteiger partial charge in [-0.15, -0.1) is 10.2 Å². The van der Waals surface area contributed by atoms with Crippen molar-refractivity contribution in [2.24, 2.45) is 5.92 Å². The largest absolute Gasteiger partial charge is 0.480 e. The zero-order valence-corrected chi connectivity index (χ0v) is 13.4. The molecule has 1 rings (SSSR count). The van der Waals surface area contributed by atoms with Gasteiger partial charge in [0.25, 0.3) is 10.0 Å². The third-order valence-electron chi connectivity index (χ3n) is 2.13. The molecule has 118 valence electrons. The average Bonchev–Trinajstić information content (AvgIpc) is 2.75. The summed E-state index contributed by atoms with van der Waals surface area (Å²) in [6, 6.07) is 0. The van der Waals surface area contributed by atoms with E-state index >= 15 is 0 Å². The molecule has 0 spiro atoms. The Morgan fingerprint density at radius 2 is 2.00 bits per heavy atom. The van der Waals surface area contributed by atoms with Crippen LogP contribution >= 0.6 is 11.3 Å². The van der Waals surface area contributed by atoms with E-state index in [1.165, 1.54) is 6.92 Å². The topological polar surface area (TPSA) is 130 Å². The zero-order valence-electron chi connectivity index (χ0n) is 11.7. The maximum atomic E-state index is 12.4. The molecule has 21 heavy (non-hydrogen) atoms. The molecule has 0 aliphatic heterocycles. The summed E-state index contributed by atoms with van der Waals surface area (Å²) in [6.45, 7) is 4.19. The number of carbonyl (C=O) groups excluding carboxylic acids is 1. The van der Waals surface area contributed by atoms with Crippen molar-refractivity contribution < 1.29 is 23.1 Å². The second-order valence-corrected chi connectivity index (χ2v) is 7.73. The minimum absolute atomic E-state index is 0.0425. The van der Waals surface area contributed by atoms with Crippen LogP contribution in [0.25, 0.3) is 0 Å². The molecule has 11 heteroatoms. The van der Waals surface area contributed by atoms with Gasteiger partial charge in [-0.25, -0.2) is 8.42 Å². The van der Waals surface area contributed by atoms with Crippen molar-refractivity contribution in [2.45, 2.75) is 25.1 Å². The van der Waals surface area contributed by atoms with Crippen LogP contribution in [0.15, 0.2) is 4.34 Å². The Kier molecular flexibility index (Phi) is 5.75. The van der Waals surface area contributed by atoms with Gasteiger partial charge in [-0.05, 0) is 5.92 Å². The molecule has 9 nitrogen and oxygen atoms in total. The number of carboxylic acid groups (broad SMARTS) is 1. The maximum absolute atomic E-state index is 12.4. The number of amides is 1. The van der Waals surface area contributed by atoms with Gasteiger partial charge in [0.05, 0.1) is 0 Å². The highest BCUT2D eigenvalue weighted by Gasteiger charge is 2.30. The Hall–Kier alpha value is -1.59. The van der Waals surface area contributed by atoms with Gasteiger partial charge in [-0.2, -0.15) is 4.31 Å². The number of nitrogens with zero attached hydrogens (tertiary/aromatic N) is 3. The van der Waals surface area contributed by atoms with Crippen molar-refractivity contribution in [3.05, 3.63) is 0 Å². The molecule has 0 aliphatic rings. The molecule has 0 fully saturated rings. The van der Waals surface area contributed by atoms with Crippen LogP contribution < -0.4 is 5.32 Å². The maximum Gasteiger partial charge on any atom is 0.318 e. The molecular formula is C10H16N4O5S2. The Morgan fingerprint density at radius 3 is 2.48 bits per heavy atom. The molecule has 0 bridgehead atoms. The summed E-state index contributed by atoms with van der Waals surface area (Å²) in [7, 11) is -4.06. The Balaban J connectivity index is 3.06. The lowest BCUT2D eigenvalue weighted by molar-refractivity contribution is -0.137. The van der Waals surface area contributed by atoms with Gasteiger partial charge in [0.2, 0.25) is 15.4 Å². The van der Waals surface area contributed by atoms with Gasteiger partial charge in [0, 0.05) is 13.5 Å². The third-order valence-corrected chi connectivity index (χ3v) is 5.13. The molecule has 1 aromatic rings. The number of rotatable bonds is 7. The molecule has 2 N–H and O–H groups in total. The molecular weight excluding hydrogens is 320 g/mol. The predicted octanol–water partition coefficient (Wildman–Crippen LogP) is 0.228. The van der Waals surface area contributed by atoms with Gasteiger partial charge >= 0.3 is 5.97 Å². The molecule has 0 unspecified atom stereocenters. The highest BCUT2D eigenvalue weighted by atomic mass is 32.2. The second kappa shape index (κ2) is 6.91. The first-order valence-electron chi connectivity index (χ1n) is 5.96. The van der Waals surface area contributed by atoms with Crippen LogP contribution in [-0.4, -0.2) is 53.0 Å². The standard InChI is InChI=1S/C10H16N4O5S2/c1-6(2)4-14(5-8(16)17)21(18,19)10-13-12-9(20-10)11-7(3)15/h6H,4-5H2,1-3H3,(H,16,17)(H,11,12,15). The number of hydrogen-bond acceptors (Lipinski definition) is 7. The lowest BCUT2D eigenvalue weighted by Gasteiger charge is -2.20. The van der Waals surface area contributed by atoms with Crippen LogP contribution in [0.3, 0.4) is 0 Å². The number of nitrogens with one attached hydrogen (secondary N) is 1. The molecule has 0 saturated carbocycles. The number of aromatic nitrogens is 2. The summed E-state index contributed by atoms with van der Waals surface area (Å²) in [5.41, 5.74) is 0. The molecule has 1 aromatic heterocycles. The molecule has 1 heterocycles. The van der Waals surface area contributed by atoms with Crippen molar-refractivity contribution in [1.82, 2.24) is 14.5 Å². The lowest BCUT2D eigenvalue weighted by Crippen LogP contribution is -2.38. The van der Waals surface area contributed by atoms with Gasteiger partial charge < -0.3 is 10.4 Å². The first-order valence-corrected chi connectivity index (χ1v) is 8.21. The Bertz CT molecular complexity index is 625. The molecule has 0 saturated heterocycles. The highest BCUT2D eigenvalue weighted by Crippen LogP contribution is 2.23. The first kappa shape index (κ1) is 17.5. The number of anilines is 1. The van der Waals surface area contributed by atoms with Crippen LogP contribution in [0.4, 0.5) is 5.13 Å².